The number of fused-ring (bicyclic) bond motifs is 1. The summed E-state index contributed by atoms with van der Waals surface area (Å²) >= 11 is 0. The Hall–Kier alpha value is -2.37. The number of aromatic amines is 1. The van der Waals surface area contributed by atoms with E-state index in [0.717, 1.165) is 18.5 Å². The van der Waals surface area contributed by atoms with Gasteiger partial charge in [-0.3, -0.25) is 9.59 Å². The summed E-state index contributed by atoms with van der Waals surface area (Å²) in [4.78, 5) is 33.9. The highest BCUT2D eigenvalue weighted by Gasteiger charge is 2.29. The van der Waals surface area contributed by atoms with Crippen LogP contribution in [0.25, 0.3) is 0 Å². The Morgan fingerprint density at radius 1 is 1.39 bits per heavy atom. The van der Waals surface area contributed by atoms with E-state index in [1.54, 1.807) is 6.92 Å². The third kappa shape index (κ3) is 3.06. The number of nitrogens with one attached hydrogen (secondary N) is 1. The van der Waals surface area contributed by atoms with Gasteiger partial charge in [-0.2, -0.15) is 0 Å². The normalized spacial score (nSPS) is 15.3. The number of rotatable bonds is 4. The molecule has 0 bridgehead atoms. The average molecular weight is 314 g/mol. The predicted molar refractivity (Wildman–Crippen MR) is 87.1 cm³/mol. The van der Waals surface area contributed by atoms with E-state index < -0.39 is 0 Å². The Morgan fingerprint density at radius 2 is 2.13 bits per heavy atom. The van der Waals surface area contributed by atoms with E-state index in [1.165, 1.54) is 0 Å². The maximum atomic E-state index is 13.0. The summed E-state index contributed by atoms with van der Waals surface area (Å²) in [5, 5.41) is 0. The second-order valence-corrected chi connectivity index (χ2v) is 6.02. The Balaban J connectivity index is 1.84. The molecule has 0 aromatic carbocycles. The van der Waals surface area contributed by atoms with Gasteiger partial charge in [-0.05, 0) is 31.9 Å². The molecular formula is C17H22N4O2. The van der Waals surface area contributed by atoms with E-state index in [9.17, 15) is 9.59 Å². The largest absolute Gasteiger partial charge is 0.342 e. The molecule has 0 aliphatic carbocycles. The molecule has 0 saturated heterocycles. The second kappa shape index (κ2) is 6.40. The van der Waals surface area contributed by atoms with Crippen LogP contribution >= 0.6 is 0 Å². The third-order valence-electron chi connectivity index (χ3n) is 4.34. The molecule has 6 heteroatoms. The van der Waals surface area contributed by atoms with Crippen LogP contribution in [0.5, 0.6) is 0 Å². The summed E-state index contributed by atoms with van der Waals surface area (Å²) in [5.41, 5.74) is 1.37. The van der Waals surface area contributed by atoms with Crippen LogP contribution in [0.3, 0.4) is 0 Å². The molecule has 1 aliphatic heterocycles. The van der Waals surface area contributed by atoms with Crippen molar-refractivity contribution in [2.75, 3.05) is 6.54 Å². The molecule has 6 nitrogen and oxygen atoms in total. The van der Waals surface area contributed by atoms with Crippen molar-refractivity contribution >= 4 is 5.91 Å². The van der Waals surface area contributed by atoms with Crippen LogP contribution in [0.1, 0.15) is 42.9 Å². The zero-order chi connectivity index (χ0) is 16.4. The van der Waals surface area contributed by atoms with E-state index in [-0.39, 0.29) is 17.5 Å². The lowest BCUT2D eigenvalue weighted by Crippen LogP contribution is -2.42. The highest BCUT2D eigenvalue weighted by molar-refractivity contribution is 5.80. The van der Waals surface area contributed by atoms with Gasteiger partial charge in [0.2, 0.25) is 5.91 Å². The molecule has 0 radical (unpaired) electrons. The van der Waals surface area contributed by atoms with Crippen molar-refractivity contribution in [2.24, 2.45) is 0 Å². The first kappa shape index (κ1) is 15.5. The maximum absolute atomic E-state index is 13.0. The van der Waals surface area contributed by atoms with E-state index >= 15 is 0 Å². The van der Waals surface area contributed by atoms with Crippen molar-refractivity contribution in [1.82, 2.24) is 19.4 Å². The third-order valence-corrected chi connectivity index (χ3v) is 4.34. The number of carbonyl (C=O) groups is 1. The number of nitrogens with zero attached hydrogens (tertiary/aromatic N) is 3. The summed E-state index contributed by atoms with van der Waals surface area (Å²) in [6, 6.07) is 3.69. The molecule has 2 aromatic rings. The lowest BCUT2D eigenvalue weighted by Gasteiger charge is -2.31. The van der Waals surface area contributed by atoms with Gasteiger partial charge in [-0.1, -0.05) is 13.3 Å². The first-order chi connectivity index (χ1) is 11.1. The predicted octanol–water partition coefficient (Wildman–Crippen LogP) is 1.81. The lowest BCUT2D eigenvalue weighted by atomic mass is 10.0. The van der Waals surface area contributed by atoms with Crippen LogP contribution in [0.2, 0.25) is 0 Å². The molecule has 0 fully saturated rings. The van der Waals surface area contributed by atoms with Crippen LogP contribution in [-0.4, -0.2) is 31.9 Å². The molecule has 1 aliphatic rings. The smallest absolute Gasteiger partial charge is 0.254 e. The van der Waals surface area contributed by atoms with Crippen molar-refractivity contribution in [3.05, 3.63) is 52.0 Å². The molecule has 1 amide bonds. The van der Waals surface area contributed by atoms with Gasteiger partial charge in [-0.15, -0.1) is 0 Å². The number of amides is 1. The Kier molecular flexibility index (Phi) is 4.32. The van der Waals surface area contributed by atoms with Gasteiger partial charge < -0.3 is 14.5 Å². The molecule has 2 aromatic heterocycles. The van der Waals surface area contributed by atoms with Crippen molar-refractivity contribution in [2.45, 2.75) is 45.7 Å². The first-order valence-electron chi connectivity index (χ1n) is 8.10. The van der Waals surface area contributed by atoms with Gasteiger partial charge in [-0.25, -0.2) is 4.98 Å². The van der Waals surface area contributed by atoms with Crippen molar-refractivity contribution in [3.8, 4) is 0 Å². The van der Waals surface area contributed by atoms with Gasteiger partial charge >= 0.3 is 0 Å². The van der Waals surface area contributed by atoms with Gasteiger partial charge in [0.25, 0.3) is 5.56 Å². The molecule has 0 saturated carbocycles. The van der Waals surface area contributed by atoms with Crippen LogP contribution in [0, 0.1) is 6.92 Å². The molecular weight excluding hydrogens is 292 g/mol. The van der Waals surface area contributed by atoms with Crippen LogP contribution in [-0.2, 0) is 17.8 Å². The van der Waals surface area contributed by atoms with E-state index in [2.05, 4.69) is 16.9 Å². The minimum absolute atomic E-state index is 0.0740. The SMILES string of the molecule is CCC[C@@H](C(=O)N1CCc2c(nc(C)[nH]c2=O)C1)n1cccc1. The fourth-order valence-corrected chi connectivity index (χ4v) is 3.19. The van der Waals surface area contributed by atoms with Crippen molar-refractivity contribution < 1.29 is 4.79 Å². The fraction of sp³-hybridized carbons (Fsp3) is 0.471. The van der Waals surface area contributed by atoms with Gasteiger partial charge in [0.05, 0.1) is 12.2 Å². The lowest BCUT2D eigenvalue weighted by molar-refractivity contribution is -0.136. The molecule has 0 unspecified atom stereocenters. The molecule has 1 atom stereocenters. The number of aromatic nitrogens is 3. The van der Waals surface area contributed by atoms with Crippen molar-refractivity contribution in [1.29, 1.82) is 0 Å². The van der Waals surface area contributed by atoms with Crippen LogP contribution in [0.4, 0.5) is 0 Å². The molecule has 0 spiro atoms. The quantitative estimate of drug-likeness (QED) is 0.935. The molecule has 1 N–H and O–H groups in total. The first-order valence-corrected chi connectivity index (χ1v) is 8.10. The van der Waals surface area contributed by atoms with Crippen LogP contribution in [0.15, 0.2) is 29.3 Å². The maximum Gasteiger partial charge on any atom is 0.254 e. The Morgan fingerprint density at radius 3 is 2.83 bits per heavy atom. The number of aryl methyl sites for hydroxylation is 1. The Bertz CT molecular complexity index is 748. The van der Waals surface area contributed by atoms with E-state index in [0.29, 0.717) is 30.9 Å². The van der Waals surface area contributed by atoms with E-state index in [1.807, 2.05) is 34.0 Å². The standard InChI is InChI=1S/C17H22N4O2/c1-3-6-15(20-8-4-5-9-20)17(23)21-10-7-13-14(11-21)18-12(2)19-16(13)22/h4-5,8-9,15H,3,6-7,10-11H2,1-2H3,(H,18,19,22)/t15-/m0/s1. The number of hydrogen-bond acceptors (Lipinski definition) is 3. The second-order valence-electron chi connectivity index (χ2n) is 6.02. The van der Waals surface area contributed by atoms with E-state index in [4.69, 9.17) is 0 Å². The number of carbonyl (C=O) groups excluding carboxylic acids is 1. The monoisotopic (exact) mass is 314 g/mol. The molecule has 3 heterocycles. The fourth-order valence-electron chi connectivity index (χ4n) is 3.19. The van der Waals surface area contributed by atoms with Gasteiger partial charge in [0.15, 0.2) is 0 Å². The Labute approximate surface area is 135 Å². The topological polar surface area (TPSA) is 71.0 Å². The summed E-state index contributed by atoms with van der Waals surface area (Å²) in [6.45, 7) is 4.84. The van der Waals surface area contributed by atoms with Gasteiger partial charge in [0, 0.05) is 24.5 Å². The molecule has 3 rings (SSSR count). The minimum atomic E-state index is -0.181. The summed E-state index contributed by atoms with van der Waals surface area (Å²) in [5.74, 6) is 0.701. The molecule has 122 valence electrons. The van der Waals surface area contributed by atoms with Crippen LogP contribution < -0.4 is 5.56 Å². The number of H-pyrrole nitrogens is 1. The minimum Gasteiger partial charge on any atom is -0.342 e. The van der Waals surface area contributed by atoms with Crippen molar-refractivity contribution in [3.63, 3.8) is 0 Å². The number of hydrogen-bond donors (Lipinski definition) is 1. The zero-order valence-corrected chi connectivity index (χ0v) is 13.6. The van der Waals surface area contributed by atoms with Gasteiger partial charge in [0.1, 0.15) is 11.9 Å². The zero-order valence-electron chi connectivity index (χ0n) is 13.6. The highest BCUT2D eigenvalue weighted by Crippen LogP contribution is 2.22. The average Bonchev–Trinajstić information content (AvgIpc) is 3.05. The summed E-state index contributed by atoms with van der Waals surface area (Å²) in [7, 11) is 0. The molecule has 23 heavy (non-hydrogen) atoms. The summed E-state index contributed by atoms with van der Waals surface area (Å²) < 4.78 is 1.97. The highest BCUT2D eigenvalue weighted by atomic mass is 16.2. The summed E-state index contributed by atoms with van der Waals surface area (Å²) in [6.07, 6.45) is 6.18.